The van der Waals surface area contributed by atoms with Gasteiger partial charge in [-0.25, -0.2) is 0 Å². The summed E-state index contributed by atoms with van der Waals surface area (Å²) in [5.74, 6) is 0.662. The van der Waals surface area contributed by atoms with Gasteiger partial charge in [-0.3, -0.25) is 4.98 Å². The van der Waals surface area contributed by atoms with Gasteiger partial charge < -0.3 is 10.1 Å². The smallest absolute Gasteiger partial charge is 0.139 e. The van der Waals surface area contributed by atoms with Gasteiger partial charge in [-0.15, -0.1) is 0 Å². The molecule has 0 aliphatic carbocycles. The quantitative estimate of drug-likeness (QED) is 0.798. The van der Waals surface area contributed by atoms with Crippen molar-refractivity contribution in [2.24, 2.45) is 0 Å². The van der Waals surface area contributed by atoms with Crippen LogP contribution in [0.4, 0.5) is 0 Å². The van der Waals surface area contributed by atoms with Crippen LogP contribution in [0.2, 0.25) is 0 Å². The molecule has 4 heteroatoms. The van der Waals surface area contributed by atoms with Gasteiger partial charge in [-0.1, -0.05) is 0 Å². The molecule has 15 heavy (non-hydrogen) atoms. The minimum atomic E-state index is 0.120. The Morgan fingerprint density at radius 1 is 1.67 bits per heavy atom. The van der Waals surface area contributed by atoms with Crippen molar-refractivity contribution in [1.29, 1.82) is 5.26 Å². The predicted octanol–water partition coefficient (Wildman–Crippen LogP) is 1.08. The van der Waals surface area contributed by atoms with Crippen molar-refractivity contribution in [3.63, 3.8) is 0 Å². The van der Waals surface area contributed by atoms with Gasteiger partial charge in [-0.2, -0.15) is 5.26 Å². The molecule has 78 valence electrons. The molecule has 0 spiro atoms. The van der Waals surface area contributed by atoms with E-state index in [2.05, 4.69) is 10.3 Å². The van der Waals surface area contributed by atoms with Gasteiger partial charge >= 0.3 is 0 Å². The van der Waals surface area contributed by atoms with E-state index in [9.17, 15) is 0 Å². The van der Waals surface area contributed by atoms with Crippen LogP contribution < -0.4 is 10.1 Å². The molecular weight excluding hydrogens is 190 g/mol. The molecule has 2 unspecified atom stereocenters. The molecule has 0 saturated carbocycles. The molecular formula is C11H13N3O. The van der Waals surface area contributed by atoms with Gasteiger partial charge in [0.2, 0.25) is 0 Å². The fourth-order valence-electron chi connectivity index (χ4n) is 1.55. The normalized spacial score (nSPS) is 21.2. The third kappa shape index (κ3) is 2.25. The molecule has 0 amide bonds. The number of nitriles is 1. The highest BCUT2D eigenvalue weighted by atomic mass is 16.5. The van der Waals surface area contributed by atoms with Gasteiger partial charge in [-0.05, 0) is 19.9 Å². The number of nitrogens with one attached hydrogen (secondary N) is 1. The zero-order chi connectivity index (χ0) is 10.7. The minimum absolute atomic E-state index is 0.120. The second kappa shape index (κ2) is 4.28. The maximum atomic E-state index is 8.70. The summed E-state index contributed by atoms with van der Waals surface area (Å²) in [5.41, 5.74) is 0.529. The largest absolute Gasteiger partial charge is 0.487 e. The van der Waals surface area contributed by atoms with Crippen LogP contribution in [0.25, 0.3) is 0 Å². The highest BCUT2D eigenvalue weighted by Crippen LogP contribution is 2.16. The average molecular weight is 203 g/mol. The van der Waals surface area contributed by atoms with Gasteiger partial charge in [0.05, 0.1) is 11.8 Å². The lowest BCUT2D eigenvalue weighted by atomic mass is 10.0. The third-order valence-corrected chi connectivity index (χ3v) is 2.59. The van der Waals surface area contributed by atoms with Gasteiger partial charge in [0, 0.05) is 18.3 Å². The van der Waals surface area contributed by atoms with Crippen LogP contribution in [0.5, 0.6) is 5.75 Å². The van der Waals surface area contributed by atoms with E-state index in [1.54, 1.807) is 12.3 Å². The second-order valence-electron chi connectivity index (χ2n) is 3.69. The Kier molecular flexibility index (Phi) is 2.84. The van der Waals surface area contributed by atoms with E-state index in [0.29, 0.717) is 17.4 Å². The number of pyridine rings is 1. The molecule has 1 aromatic rings. The molecule has 1 aliphatic rings. The molecule has 1 fully saturated rings. The molecule has 0 aromatic carbocycles. The molecule has 1 aliphatic heterocycles. The van der Waals surface area contributed by atoms with Crippen LogP contribution in [-0.4, -0.2) is 23.7 Å². The molecule has 1 N–H and O–H groups in total. The van der Waals surface area contributed by atoms with Crippen molar-refractivity contribution in [1.82, 2.24) is 10.3 Å². The molecule has 2 heterocycles. The predicted molar refractivity (Wildman–Crippen MR) is 55.4 cm³/mol. The van der Waals surface area contributed by atoms with Crippen LogP contribution in [0.3, 0.4) is 0 Å². The number of ether oxygens (including phenoxy) is 1. The molecule has 2 atom stereocenters. The van der Waals surface area contributed by atoms with Crippen LogP contribution >= 0.6 is 0 Å². The summed E-state index contributed by atoms with van der Waals surface area (Å²) in [6.45, 7) is 3.09. The monoisotopic (exact) mass is 203 g/mol. The second-order valence-corrected chi connectivity index (χ2v) is 3.69. The lowest BCUT2D eigenvalue weighted by molar-refractivity contribution is 0.133. The number of hydrogen-bond acceptors (Lipinski definition) is 4. The summed E-state index contributed by atoms with van der Waals surface area (Å²) < 4.78 is 5.68. The molecule has 4 nitrogen and oxygen atoms in total. The number of nitrogens with zero attached hydrogens (tertiary/aromatic N) is 2. The highest BCUT2D eigenvalue weighted by molar-refractivity contribution is 5.32. The van der Waals surface area contributed by atoms with Crippen LogP contribution in [0, 0.1) is 11.3 Å². The number of rotatable bonds is 3. The fraction of sp³-hybridized carbons (Fsp3) is 0.455. The Labute approximate surface area is 88.9 Å². The van der Waals surface area contributed by atoms with Crippen molar-refractivity contribution >= 4 is 0 Å². The Hall–Kier alpha value is -1.60. The van der Waals surface area contributed by atoms with E-state index in [1.165, 1.54) is 6.20 Å². The molecule has 2 rings (SSSR count). The summed E-state index contributed by atoms with van der Waals surface area (Å²) in [6.07, 6.45) is 4.43. The number of aromatic nitrogens is 1. The first-order valence-electron chi connectivity index (χ1n) is 5.05. The standard InChI is InChI=1S/C11H13N3O/c1-8(11-2-3-14-11)15-10-4-9(5-12)6-13-7-10/h4,6-8,11,14H,2-3H2,1H3. The fourth-order valence-corrected chi connectivity index (χ4v) is 1.55. The van der Waals surface area contributed by atoms with Crippen molar-refractivity contribution < 1.29 is 4.74 Å². The van der Waals surface area contributed by atoms with Gasteiger partial charge in [0.25, 0.3) is 0 Å². The van der Waals surface area contributed by atoms with Crippen molar-refractivity contribution in [3.8, 4) is 11.8 Å². The van der Waals surface area contributed by atoms with Gasteiger partial charge in [0.1, 0.15) is 17.9 Å². The Morgan fingerprint density at radius 3 is 3.07 bits per heavy atom. The van der Waals surface area contributed by atoms with Crippen molar-refractivity contribution in [2.75, 3.05) is 6.54 Å². The summed E-state index contributed by atoms with van der Waals surface area (Å²) in [7, 11) is 0. The lowest BCUT2D eigenvalue weighted by Gasteiger charge is -2.33. The third-order valence-electron chi connectivity index (χ3n) is 2.59. The topological polar surface area (TPSA) is 57.9 Å². The maximum absolute atomic E-state index is 8.70. The minimum Gasteiger partial charge on any atom is -0.487 e. The average Bonchev–Trinajstić information content (AvgIpc) is 2.15. The molecule has 0 bridgehead atoms. The van der Waals surface area contributed by atoms with Crippen molar-refractivity contribution in [3.05, 3.63) is 24.0 Å². The van der Waals surface area contributed by atoms with E-state index >= 15 is 0 Å². The number of hydrogen-bond donors (Lipinski definition) is 1. The van der Waals surface area contributed by atoms with Crippen LogP contribution in [-0.2, 0) is 0 Å². The first-order valence-corrected chi connectivity index (χ1v) is 5.05. The van der Waals surface area contributed by atoms with Crippen molar-refractivity contribution in [2.45, 2.75) is 25.5 Å². The zero-order valence-corrected chi connectivity index (χ0v) is 8.60. The van der Waals surface area contributed by atoms with Crippen LogP contribution in [0.15, 0.2) is 18.5 Å². The first-order chi connectivity index (χ1) is 7.29. The molecule has 1 aromatic heterocycles. The summed E-state index contributed by atoms with van der Waals surface area (Å²) in [4.78, 5) is 3.94. The van der Waals surface area contributed by atoms with E-state index in [1.807, 2.05) is 13.0 Å². The highest BCUT2D eigenvalue weighted by Gasteiger charge is 2.24. The summed E-state index contributed by atoms with van der Waals surface area (Å²) in [6, 6.07) is 4.18. The SMILES string of the molecule is CC(Oc1cncc(C#N)c1)C1CCN1. The Bertz CT molecular complexity index is 382. The van der Waals surface area contributed by atoms with E-state index < -0.39 is 0 Å². The molecule has 1 saturated heterocycles. The Morgan fingerprint density at radius 2 is 2.47 bits per heavy atom. The Balaban J connectivity index is 2.00. The summed E-state index contributed by atoms with van der Waals surface area (Å²) in [5, 5.41) is 12.0. The van der Waals surface area contributed by atoms with E-state index in [0.717, 1.165) is 13.0 Å². The first kappa shape index (κ1) is 9.94. The molecule has 0 radical (unpaired) electrons. The summed E-state index contributed by atoms with van der Waals surface area (Å²) >= 11 is 0. The van der Waals surface area contributed by atoms with Crippen LogP contribution in [0.1, 0.15) is 18.9 Å². The van der Waals surface area contributed by atoms with E-state index in [4.69, 9.17) is 10.00 Å². The zero-order valence-electron chi connectivity index (χ0n) is 8.60. The lowest BCUT2D eigenvalue weighted by Crippen LogP contribution is -2.51. The maximum Gasteiger partial charge on any atom is 0.139 e. The van der Waals surface area contributed by atoms with E-state index in [-0.39, 0.29) is 6.10 Å². The van der Waals surface area contributed by atoms with Gasteiger partial charge in [0.15, 0.2) is 0 Å².